The minimum Gasteiger partial charge on any atom is -0.480 e. The SMILES string of the molecule is CCC(C)C(NC(=O)C(N)C(C)C)C(=O)NC(Cc1ccccc1)C(=O)NC(CC(C)C)C(=O)NC(C(=O)NC(CCCN=C(N)N)C(=O)O)C(C)C. The third kappa shape index (κ3) is 16.7. The number of aliphatic carboxylic acids is 1. The molecule has 53 heavy (non-hydrogen) atoms. The molecule has 0 aliphatic carbocycles. The Labute approximate surface area is 313 Å². The lowest BCUT2D eigenvalue weighted by atomic mass is 9.95. The first-order chi connectivity index (χ1) is 24.8. The van der Waals surface area contributed by atoms with Crippen LogP contribution in [0.1, 0.15) is 86.6 Å². The van der Waals surface area contributed by atoms with Gasteiger partial charge in [-0.25, -0.2) is 4.79 Å². The van der Waals surface area contributed by atoms with E-state index in [0.717, 1.165) is 5.56 Å². The van der Waals surface area contributed by atoms with Crippen molar-refractivity contribution in [2.45, 2.75) is 124 Å². The van der Waals surface area contributed by atoms with Crippen molar-refractivity contribution in [3.63, 3.8) is 0 Å². The van der Waals surface area contributed by atoms with Crippen molar-refractivity contribution < 1.29 is 33.9 Å². The highest BCUT2D eigenvalue weighted by molar-refractivity contribution is 5.96. The molecule has 1 aromatic carbocycles. The molecule has 5 amide bonds. The van der Waals surface area contributed by atoms with Gasteiger partial charge in [0.05, 0.1) is 6.04 Å². The standard InChI is InChI=1S/C37H63N9O7/c1-9-23(8)30(46-33(49)28(38)21(4)5)35(51)44-27(19-24-14-11-10-12-15-24)31(47)43-26(18-20(2)3)32(48)45-29(22(6)7)34(50)42-25(36(52)53)16-13-17-41-37(39)40/h10-12,14-15,20-23,25-30H,9,13,16-19,38H2,1-8H3,(H,42,50)(H,43,47)(H,44,51)(H,45,48)(H,46,49)(H,52,53)(H4,39,40,41). The van der Waals surface area contributed by atoms with Crippen molar-refractivity contribution in [1.29, 1.82) is 0 Å². The lowest BCUT2D eigenvalue weighted by molar-refractivity contribution is -0.142. The quantitative estimate of drug-likeness (QED) is 0.0426. The molecule has 0 heterocycles. The molecule has 0 bridgehead atoms. The third-order valence-electron chi connectivity index (χ3n) is 8.88. The monoisotopic (exact) mass is 745 g/mol. The second kappa shape index (κ2) is 23.0. The molecule has 0 aromatic heterocycles. The molecule has 7 unspecified atom stereocenters. The number of carbonyl (C=O) groups is 6. The smallest absolute Gasteiger partial charge is 0.326 e. The Hall–Kier alpha value is -4.73. The van der Waals surface area contributed by atoms with E-state index in [0.29, 0.717) is 6.42 Å². The Bertz CT molecular complexity index is 1380. The van der Waals surface area contributed by atoms with Crippen LogP contribution in [0, 0.1) is 23.7 Å². The molecule has 1 aromatic rings. The Balaban J connectivity index is 3.32. The van der Waals surface area contributed by atoms with E-state index in [1.165, 1.54) is 0 Å². The van der Waals surface area contributed by atoms with E-state index in [1.807, 2.05) is 33.8 Å². The fraction of sp³-hybridized carbons (Fsp3) is 0.649. The van der Waals surface area contributed by atoms with Gasteiger partial charge in [-0.1, -0.05) is 92.1 Å². The Kier molecular flexibility index (Phi) is 20.1. The highest BCUT2D eigenvalue weighted by Crippen LogP contribution is 2.13. The maximum Gasteiger partial charge on any atom is 0.326 e. The summed E-state index contributed by atoms with van der Waals surface area (Å²) in [5.41, 5.74) is 17.5. The largest absolute Gasteiger partial charge is 0.480 e. The lowest BCUT2D eigenvalue weighted by Crippen LogP contribution is -2.61. The van der Waals surface area contributed by atoms with Crippen molar-refractivity contribution in [3.8, 4) is 0 Å². The zero-order valence-electron chi connectivity index (χ0n) is 32.5. The van der Waals surface area contributed by atoms with Crippen LogP contribution in [0.2, 0.25) is 0 Å². The topological polar surface area (TPSA) is 273 Å². The number of rotatable bonds is 23. The van der Waals surface area contributed by atoms with Crippen LogP contribution in [0.3, 0.4) is 0 Å². The van der Waals surface area contributed by atoms with Gasteiger partial charge in [0.15, 0.2) is 5.96 Å². The molecule has 0 aliphatic heterocycles. The van der Waals surface area contributed by atoms with Crippen LogP contribution >= 0.6 is 0 Å². The van der Waals surface area contributed by atoms with Gasteiger partial charge in [-0.3, -0.25) is 29.0 Å². The molecule has 0 saturated carbocycles. The molecule has 1 rings (SSSR count). The fourth-order valence-corrected chi connectivity index (χ4v) is 5.36. The zero-order valence-corrected chi connectivity index (χ0v) is 32.5. The van der Waals surface area contributed by atoms with Crippen LogP contribution in [-0.4, -0.2) is 89.4 Å². The number of aliphatic imine (C=N–C) groups is 1. The van der Waals surface area contributed by atoms with Crippen molar-refractivity contribution in [1.82, 2.24) is 26.6 Å². The molecule has 0 saturated heterocycles. The second-order valence-corrected chi connectivity index (χ2v) is 14.7. The lowest BCUT2D eigenvalue weighted by Gasteiger charge is -2.30. The molecule has 16 heteroatoms. The van der Waals surface area contributed by atoms with E-state index >= 15 is 0 Å². The van der Waals surface area contributed by atoms with Gasteiger partial charge in [0.25, 0.3) is 0 Å². The van der Waals surface area contributed by atoms with E-state index < -0.39 is 77.7 Å². The summed E-state index contributed by atoms with van der Waals surface area (Å²) >= 11 is 0. The van der Waals surface area contributed by atoms with Gasteiger partial charge in [-0.2, -0.15) is 0 Å². The van der Waals surface area contributed by atoms with E-state index in [9.17, 15) is 33.9 Å². The molecule has 0 spiro atoms. The summed E-state index contributed by atoms with van der Waals surface area (Å²) in [5, 5.41) is 23.3. The summed E-state index contributed by atoms with van der Waals surface area (Å²) in [6.45, 7) is 14.6. The van der Waals surface area contributed by atoms with Crippen LogP contribution in [0.15, 0.2) is 35.3 Å². The minimum absolute atomic E-state index is 0.0449. The third-order valence-corrected chi connectivity index (χ3v) is 8.88. The van der Waals surface area contributed by atoms with Crippen molar-refractivity contribution in [2.75, 3.05) is 6.54 Å². The number of benzene rings is 1. The molecule has 7 atom stereocenters. The number of carboxylic acids is 1. The second-order valence-electron chi connectivity index (χ2n) is 14.7. The van der Waals surface area contributed by atoms with Crippen molar-refractivity contribution in [3.05, 3.63) is 35.9 Å². The van der Waals surface area contributed by atoms with Gasteiger partial charge in [-0.05, 0) is 48.5 Å². The van der Waals surface area contributed by atoms with Crippen molar-refractivity contribution >= 4 is 41.5 Å². The number of nitrogens with two attached hydrogens (primary N) is 3. The number of carbonyl (C=O) groups excluding carboxylic acids is 5. The number of hydrogen-bond donors (Lipinski definition) is 9. The Morgan fingerprint density at radius 2 is 1.23 bits per heavy atom. The first kappa shape index (κ1) is 46.3. The van der Waals surface area contributed by atoms with Gasteiger partial charge in [-0.15, -0.1) is 0 Å². The summed E-state index contributed by atoms with van der Waals surface area (Å²) in [6, 6.07) is 2.55. The van der Waals surface area contributed by atoms with Gasteiger partial charge in [0, 0.05) is 13.0 Å². The van der Waals surface area contributed by atoms with Gasteiger partial charge in [0.1, 0.15) is 30.2 Å². The van der Waals surface area contributed by atoms with Crippen LogP contribution < -0.4 is 43.8 Å². The summed E-state index contributed by atoms with van der Waals surface area (Å²) < 4.78 is 0. The molecule has 298 valence electrons. The summed E-state index contributed by atoms with van der Waals surface area (Å²) in [5.74, 6) is -5.45. The predicted octanol–water partition coefficient (Wildman–Crippen LogP) is 0.523. The van der Waals surface area contributed by atoms with E-state index in [2.05, 4.69) is 31.6 Å². The molecule has 12 N–H and O–H groups in total. The number of nitrogens with one attached hydrogen (secondary N) is 5. The average molecular weight is 746 g/mol. The molecule has 0 radical (unpaired) electrons. The van der Waals surface area contributed by atoms with Gasteiger partial charge < -0.3 is 48.9 Å². The number of nitrogens with zero attached hydrogens (tertiary/aromatic N) is 1. The van der Waals surface area contributed by atoms with Crippen LogP contribution in [-0.2, 0) is 35.2 Å². The van der Waals surface area contributed by atoms with E-state index in [-0.39, 0.29) is 55.9 Å². The summed E-state index contributed by atoms with van der Waals surface area (Å²) in [7, 11) is 0. The average Bonchev–Trinajstić information content (AvgIpc) is 3.08. The first-order valence-corrected chi connectivity index (χ1v) is 18.4. The van der Waals surface area contributed by atoms with E-state index in [4.69, 9.17) is 17.2 Å². The number of carboxylic acid groups (broad SMARTS) is 1. The number of hydrogen-bond acceptors (Lipinski definition) is 8. The van der Waals surface area contributed by atoms with Crippen LogP contribution in [0.4, 0.5) is 0 Å². The fourth-order valence-electron chi connectivity index (χ4n) is 5.36. The normalized spacial score (nSPS) is 15.2. The Morgan fingerprint density at radius 1 is 0.698 bits per heavy atom. The molecule has 0 aliphatic rings. The van der Waals surface area contributed by atoms with Crippen molar-refractivity contribution in [2.24, 2.45) is 45.9 Å². The molecule has 0 fully saturated rings. The highest BCUT2D eigenvalue weighted by atomic mass is 16.4. The molecule has 16 nitrogen and oxygen atoms in total. The highest BCUT2D eigenvalue weighted by Gasteiger charge is 2.35. The Morgan fingerprint density at radius 3 is 1.74 bits per heavy atom. The van der Waals surface area contributed by atoms with Gasteiger partial charge >= 0.3 is 5.97 Å². The molecular weight excluding hydrogens is 682 g/mol. The predicted molar refractivity (Wildman–Crippen MR) is 204 cm³/mol. The number of amides is 5. The first-order valence-electron chi connectivity index (χ1n) is 18.4. The summed E-state index contributed by atoms with van der Waals surface area (Å²) in [4.78, 5) is 83.6. The van der Waals surface area contributed by atoms with E-state index in [1.54, 1.807) is 52.0 Å². The number of guanidine groups is 1. The van der Waals surface area contributed by atoms with Crippen LogP contribution in [0.5, 0.6) is 0 Å². The maximum atomic E-state index is 14.0. The summed E-state index contributed by atoms with van der Waals surface area (Å²) in [6.07, 6.45) is 1.16. The van der Waals surface area contributed by atoms with Gasteiger partial charge in [0.2, 0.25) is 29.5 Å². The molecular formula is C37H63N9O7. The minimum atomic E-state index is -1.26. The maximum absolute atomic E-state index is 14.0. The zero-order chi connectivity index (χ0) is 40.4. The van der Waals surface area contributed by atoms with Crippen LogP contribution in [0.25, 0.3) is 0 Å².